The minimum atomic E-state index is -7.20. The van der Waals surface area contributed by atoms with Gasteiger partial charge in [0.05, 0.1) is 0 Å². The Morgan fingerprint density at radius 2 is 0.767 bits per heavy atom. The molecule has 0 aromatic rings. The molecular formula is C12H4F14O4. The molecule has 0 atom stereocenters. The van der Waals surface area contributed by atoms with Gasteiger partial charge in [-0.2, -0.15) is 61.5 Å². The van der Waals surface area contributed by atoms with Gasteiger partial charge in [-0.05, 0) is 0 Å². The Labute approximate surface area is 154 Å². The van der Waals surface area contributed by atoms with Crippen molar-refractivity contribution in [2.45, 2.75) is 23.7 Å². The molecule has 0 aliphatic heterocycles. The molecule has 18 heteroatoms. The van der Waals surface area contributed by atoms with E-state index in [4.69, 9.17) is 0 Å². The zero-order valence-electron chi connectivity index (χ0n) is 13.3. The maximum absolute atomic E-state index is 13.3. The highest BCUT2D eigenvalue weighted by molar-refractivity contribution is 5.86. The first-order valence-electron chi connectivity index (χ1n) is 6.50. The van der Waals surface area contributed by atoms with Crippen molar-refractivity contribution in [1.82, 2.24) is 0 Å². The van der Waals surface area contributed by atoms with Gasteiger partial charge in [0.1, 0.15) is 0 Å². The Bertz CT molecular complexity index is 671. The van der Waals surface area contributed by atoms with Crippen LogP contribution in [0.2, 0.25) is 0 Å². The number of esters is 2. The molecule has 0 aromatic carbocycles. The highest BCUT2D eigenvalue weighted by Gasteiger charge is 2.81. The SMILES string of the molecule is O=C(OCC(F)(F)C(F)(F)C(F)(F)C(F)(F)COC(=O)C(F)=C(F)F)C(F)=C(F)F. The van der Waals surface area contributed by atoms with Gasteiger partial charge in [0.25, 0.3) is 11.7 Å². The summed E-state index contributed by atoms with van der Waals surface area (Å²) in [7, 11) is 0. The number of halogens is 14. The molecule has 0 spiro atoms. The van der Waals surface area contributed by atoms with E-state index in [0.29, 0.717) is 0 Å². The fourth-order valence-electron chi connectivity index (χ4n) is 1.23. The quantitative estimate of drug-likeness (QED) is 0.272. The number of alkyl halides is 8. The van der Waals surface area contributed by atoms with Crippen molar-refractivity contribution in [3.8, 4) is 0 Å². The van der Waals surface area contributed by atoms with E-state index in [1.165, 1.54) is 0 Å². The minimum Gasteiger partial charge on any atom is -0.454 e. The topological polar surface area (TPSA) is 52.6 Å². The standard InChI is InChI=1S/C12H4F14O4/c13-3(5(15)16)7(27)29-1-9(19,20)11(23,24)12(25,26)10(21,22)2-30-8(28)4(14)6(17)18/h1-2H2. The molecule has 0 aliphatic carbocycles. The van der Waals surface area contributed by atoms with Crippen molar-refractivity contribution >= 4 is 11.9 Å². The zero-order chi connectivity index (χ0) is 24.3. The third-order valence-corrected chi connectivity index (χ3v) is 2.77. The third-order valence-electron chi connectivity index (χ3n) is 2.77. The normalized spacial score (nSPS) is 12.9. The largest absolute Gasteiger partial charge is 0.454 e. The van der Waals surface area contributed by atoms with Crippen LogP contribution in [0.15, 0.2) is 23.8 Å². The van der Waals surface area contributed by atoms with Crippen molar-refractivity contribution in [3.63, 3.8) is 0 Å². The highest BCUT2D eigenvalue weighted by atomic mass is 19.4. The van der Waals surface area contributed by atoms with E-state index in [1.54, 1.807) is 0 Å². The molecule has 0 aromatic heterocycles. The Morgan fingerprint density at radius 3 is 0.967 bits per heavy atom. The Morgan fingerprint density at radius 1 is 0.533 bits per heavy atom. The van der Waals surface area contributed by atoms with Crippen LogP contribution >= 0.6 is 0 Å². The molecule has 174 valence electrons. The lowest BCUT2D eigenvalue weighted by atomic mass is 9.99. The molecule has 0 radical (unpaired) electrons. The van der Waals surface area contributed by atoms with E-state index in [1.807, 2.05) is 0 Å². The summed E-state index contributed by atoms with van der Waals surface area (Å²) in [6.07, 6.45) is -6.97. The first-order valence-corrected chi connectivity index (χ1v) is 6.50. The van der Waals surface area contributed by atoms with Gasteiger partial charge in [0, 0.05) is 0 Å². The number of carbonyl (C=O) groups is 2. The van der Waals surface area contributed by atoms with Crippen LogP contribution in [0.5, 0.6) is 0 Å². The molecule has 0 saturated carbocycles. The molecule has 0 amide bonds. The van der Waals surface area contributed by atoms with Crippen molar-refractivity contribution in [2.24, 2.45) is 0 Å². The predicted molar refractivity (Wildman–Crippen MR) is 62.4 cm³/mol. The number of hydrogen-bond acceptors (Lipinski definition) is 4. The van der Waals surface area contributed by atoms with Crippen LogP contribution in [0.3, 0.4) is 0 Å². The smallest absolute Gasteiger partial charge is 0.381 e. The van der Waals surface area contributed by atoms with Gasteiger partial charge in [-0.25, -0.2) is 9.59 Å². The molecule has 0 heterocycles. The van der Waals surface area contributed by atoms with Crippen molar-refractivity contribution < 1.29 is 80.5 Å². The average Bonchev–Trinajstić information content (AvgIpc) is 2.62. The summed E-state index contributed by atoms with van der Waals surface area (Å²) in [5, 5.41) is 0. The fourth-order valence-corrected chi connectivity index (χ4v) is 1.23. The van der Waals surface area contributed by atoms with Crippen LogP contribution in [0.4, 0.5) is 61.5 Å². The summed E-state index contributed by atoms with van der Waals surface area (Å²) in [5.74, 6) is -39.8. The monoisotopic (exact) mass is 478 g/mol. The number of carbonyl (C=O) groups excluding carboxylic acids is 2. The van der Waals surface area contributed by atoms with Crippen molar-refractivity contribution in [3.05, 3.63) is 23.8 Å². The Kier molecular flexibility index (Phi) is 8.29. The van der Waals surface area contributed by atoms with Crippen LogP contribution in [-0.4, -0.2) is 48.8 Å². The molecule has 30 heavy (non-hydrogen) atoms. The minimum absolute atomic E-state index is 2.90. The molecule has 0 bridgehead atoms. The predicted octanol–water partition coefficient (Wildman–Crippen LogP) is 4.77. The summed E-state index contributed by atoms with van der Waals surface area (Å²) >= 11 is 0. The van der Waals surface area contributed by atoms with Crippen LogP contribution in [-0.2, 0) is 19.1 Å². The maximum atomic E-state index is 13.3. The molecule has 0 unspecified atom stereocenters. The lowest BCUT2D eigenvalue weighted by Gasteiger charge is -2.36. The highest BCUT2D eigenvalue weighted by Crippen LogP contribution is 2.52. The molecule has 4 nitrogen and oxygen atoms in total. The molecule has 0 aliphatic rings. The first-order chi connectivity index (χ1) is 13.2. The molecule has 0 rings (SSSR count). The van der Waals surface area contributed by atoms with Gasteiger partial charge in [-0.1, -0.05) is 0 Å². The van der Waals surface area contributed by atoms with Crippen LogP contribution in [0.25, 0.3) is 0 Å². The van der Waals surface area contributed by atoms with Crippen LogP contribution < -0.4 is 0 Å². The van der Waals surface area contributed by atoms with Gasteiger partial charge < -0.3 is 9.47 Å². The second kappa shape index (κ2) is 9.07. The van der Waals surface area contributed by atoms with Crippen molar-refractivity contribution in [1.29, 1.82) is 0 Å². The lowest BCUT2D eigenvalue weighted by Crippen LogP contribution is -2.64. The fraction of sp³-hybridized carbons (Fsp3) is 0.500. The van der Waals surface area contributed by atoms with Gasteiger partial charge in [0.2, 0.25) is 0 Å². The molecule has 0 N–H and O–H groups in total. The molecular weight excluding hydrogens is 474 g/mol. The van der Waals surface area contributed by atoms with Crippen molar-refractivity contribution in [2.75, 3.05) is 13.2 Å². The molecule has 0 saturated heterocycles. The zero-order valence-corrected chi connectivity index (χ0v) is 13.3. The Balaban J connectivity index is 5.59. The van der Waals surface area contributed by atoms with E-state index in [0.717, 1.165) is 0 Å². The van der Waals surface area contributed by atoms with E-state index < -0.39 is 72.7 Å². The second-order valence-electron chi connectivity index (χ2n) is 4.86. The maximum Gasteiger partial charge on any atom is 0.381 e. The average molecular weight is 478 g/mol. The van der Waals surface area contributed by atoms with E-state index in [-0.39, 0.29) is 0 Å². The van der Waals surface area contributed by atoms with Gasteiger partial charge >= 0.3 is 47.8 Å². The summed E-state index contributed by atoms with van der Waals surface area (Å²) in [6, 6.07) is 0. The lowest BCUT2D eigenvalue weighted by molar-refractivity contribution is -0.374. The number of ether oxygens (including phenoxy) is 2. The van der Waals surface area contributed by atoms with E-state index in [9.17, 15) is 71.1 Å². The van der Waals surface area contributed by atoms with Gasteiger partial charge in [-0.15, -0.1) is 0 Å². The van der Waals surface area contributed by atoms with Gasteiger partial charge in [0.15, 0.2) is 13.2 Å². The summed E-state index contributed by atoms with van der Waals surface area (Å²) in [4.78, 5) is 21.0. The van der Waals surface area contributed by atoms with E-state index >= 15 is 0 Å². The van der Waals surface area contributed by atoms with Gasteiger partial charge in [-0.3, -0.25) is 0 Å². The van der Waals surface area contributed by atoms with Crippen LogP contribution in [0.1, 0.15) is 0 Å². The summed E-state index contributed by atoms with van der Waals surface area (Å²) in [5.41, 5.74) is 0. The molecule has 0 fully saturated rings. The van der Waals surface area contributed by atoms with E-state index in [2.05, 4.69) is 9.47 Å². The third kappa shape index (κ3) is 5.53. The number of rotatable bonds is 9. The number of hydrogen-bond donors (Lipinski definition) is 0. The van der Waals surface area contributed by atoms with Crippen LogP contribution in [0, 0.1) is 0 Å². The summed E-state index contributed by atoms with van der Waals surface area (Å²) in [6.45, 7) is -6.62. The first kappa shape index (κ1) is 27.4. The second-order valence-corrected chi connectivity index (χ2v) is 4.86. The Hall–Kier alpha value is -2.56. The summed E-state index contributed by atoms with van der Waals surface area (Å²) < 4.78 is 183.